The first-order valence-electron chi connectivity index (χ1n) is 6.55. The van der Waals surface area contributed by atoms with Gasteiger partial charge in [0.05, 0.1) is 17.3 Å². The molecule has 5 nitrogen and oxygen atoms in total. The fourth-order valence-corrected chi connectivity index (χ4v) is 2.90. The van der Waals surface area contributed by atoms with Crippen LogP contribution >= 0.6 is 11.8 Å². The maximum absolute atomic E-state index is 9.10. The highest BCUT2D eigenvalue weighted by atomic mass is 32.2. The zero-order valence-electron chi connectivity index (χ0n) is 12.3. The van der Waals surface area contributed by atoms with Crippen molar-refractivity contribution in [1.29, 1.82) is 0 Å². The van der Waals surface area contributed by atoms with Crippen molar-refractivity contribution < 1.29 is 9.84 Å². The summed E-state index contributed by atoms with van der Waals surface area (Å²) >= 11 is 1.76. The van der Waals surface area contributed by atoms with E-state index in [0.717, 1.165) is 24.5 Å². The van der Waals surface area contributed by atoms with Crippen LogP contribution in [0.5, 0.6) is 0 Å². The van der Waals surface area contributed by atoms with Crippen LogP contribution in [-0.2, 0) is 18.3 Å². The van der Waals surface area contributed by atoms with E-state index >= 15 is 0 Å². The number of aliphatic hydroxyl groups is 1. The molecule has 1 atom stereocenters. The predicted molar refractivity (Wildman–Crippen MR) is 78.5 cm³/mol. The molecule has 19 heavy (non-hydrogen) atoms. The Hall–Kier alpha value is -0.560. The van der Waals surface area contributed by atoms with Gasteiger partial charge in [0.2, 0.25) is 0 Å². The van der Waals surface area contributed by atoms with Crippen molar-refractivity contribution in [2.24, 2.45) is 13.0 Å². The van der Waals surface area contributed by atoms with E-state index in [9.17, 15) is 0 Å². The van der Waals surface area contributed by atoms with Crippen LogP contribution in [0.3, 0.4) is 0 Å². The summed E-state index contributed by atoms with van der Waals surface area (Å²) < 4.78 is 6.95. The van der Waals surface area contributed by atoms with E-state index in [1.54, 1.807) is 18.9 Å². The third-order valence-corrected chi connectivity index (χ3v) is 4.41. The standard InChI is InChI=1S/C13H25N3O2S/c1-10(8-17)9-19-13-12(7-14-5-6-18-4)11(2)15-16(13)3/h10,14,17H,5-9H2,1-4H3. The van der Waals surface area contributed by atoms with Crippen LogP contribution in [0.25, 0.3) is 0 Å². The Morgan fingerprint density at radius 3 is 2.89 bits per heavy atom. The second-order valence-corrected chi connectivity index (χ2v) is 5.77. The van der Waals surface area contributed by atoms with Gasteiger partial charge in [-0.3, -0.25) is 4.68 Å². The molecule has 2 N–H and O–H groups in total. The molecular formula is C13H25N3O2S. The van der Waals surface area contributed by atoms with Crippen LogP contribution in [0, 0.1) is 12.8 Å². The highest BCUT2D eigenvalue weighted by Gasteiger charge is 2.14. The van der Waals surface area contributed by atoms with Gasteiger partial charge in [-0.25, -0.2) is 0 Å². The monoisotopic (exact) mass is 287 g/mol. The number of thioether (sulfide) groups is 1. The first kappa shape index (κ1) is 16.5. The smallest absolute Gasteiger partial charge is 0.0984 e. The number of nitrogens with zero attached hydrogens (tertiary/aromatic N) is 2. The molecule has 0 aliphatic rings. The number of methoxy groups -OCH3 is 1. The SMILES string of the molecule is COCCNCc1c(C)nn(C)c1SCC(C)CO. The number of rotatable bonds is 9. The molecule has 1 unspecified atom stereocenters. The summed E-state index contributed by atoms with van der Waals surface area (Å²) in [4.78, 5) is 0. The highest BCUT2D eigenvalue weighted by Crippen LogP contribution is 2.26. The molecule has 0 saturated carbocycles. The molecular weight excluding hydrogens is 262 g/mol. The van der Waals surface area contributed by atoms with Gasteiger partial charge in [-0.05, 0) is 12.8 Å². The lowest BCUT2D eigenvalue weighted by molar-refractivity contribution is 0.199. The summed E-state index contributed by atoms with van der Waals surface area (Å²) in [6, 6.07) is 0. The number of aryl methyl sites for hydroxylation is 2. The number of aliphatic hydroxyl groups excluding tert-OH is 1. The van der Waals surface area contributed by atoms with Gasteiger partial charge in [-0.1, -0.05) is 6.92 Å². The Balaban J connectivity index is 2.62. The largest absolute Gasteiger partial charge is 0.396 e. The van der Waals surface area contributed by atoms with Crippen LogP contribution in [0.1, 0.15) is 18.2 Å². The number of hydrogen-bond acceptors (Lipinski definition) is 5. The van der Waals surface area contributed by atoms with Crippen molar-refractivity contribution in [3.8, 4) is 0 Å². The van der Waals surface area contributed by atoms with Crippen LogP contribution < -0.4 is 5.32 Å². The second kappa shape index (κ2) is 8.58. The summed E-state index contributed by atoms with van der Waals surface area (Å²) in [6.45, 7) is 6.66. The summed E-state index contributed by atoms with van der Waals surface area (Å²) in [5.74, 6) is 1.20. The lowest BCUT2D eigenvalue weighted by Gasteiger charge is -2.10. The quantitative estimate of drug-likeness (QED) is 0.528. The van der Waals surface area contributed by atoms with Crippen LogP contribution in [0.2, 0.25) is 0 Å². The molecule has 0 radical (unpaired) electrons. The summed E-state index contributed by atoms with van der Waals surface area (Å²) in [6.07, 6.45) is 0. The molecule has 0 aliphatic carbocycles. The average molecular weight is 287 g/mol. The van der Waals surface area contributed by atoms with Gasteiger partial charge in [0.15, 0.2) is 0 Å². The van der Waals surface area contributed by atoms with Crippen molar-refractivity contribution in [2.75, 3.05) is 32.6 Å². The van der Waals surface area contributed by atoms with Gasteiger partial charge in [0.25, 0.3) is 0 Å². The number of nitrogens with one attached hydrogen (secondary N) is 1. The molecule has 0 bridgehead atoms. The minimum absolute atomic E-state index is 0.227. The molecule has 1 aromatic heterocycles. The van der Waals surface area contributed by atoms with E-state index in [1.807, 2.05) is 25.6 Å². The number of aromatic nitrogens is 2. The van der Waals surface area contributed by atoms with E-state index < -0.39 is 0 Å². The van der Waals surface area contributed by atoms with E-state index in [-0.39, 0.29) is 6.61 Å². The molecule has 6 heteroatoms. The van der Waals surface area contributed by atoms with Crippen molar-refractivity contribution in [1.82, 2.24) is 15.1 Å². The maximum Gasteiger partial charge on any atom is 0.0984 e. The average Bonchev–Trinajstić information content (AvgIpc) is 2.66. The fourth-order valence-electron chi connectivity index (χ4n) is 1.73. The highest BCUT2D eigenvalue weighted by molar-refractivity contribution is 7.99. The van der Waals surface area contributed by atoms with Gasteiger partial charge in [0, 0.05) is 45.2 Å². The Labute approximate surface area is 119 Å². The molecule has 0 saturated heterocycles. The first-order valence-corrected chi connectivity index (χ1v) is 7.54. The van der Waals surface area contributed by atoms with E-state index in [2.05, 4.69) is 10.4 Å². The van der Waals surface area contributed by atoms with Crippen LogP contribution in [0.4, 0.5) is 0 Å². The van der Waals surface area contributed by atoms with Crippen molar-refractivity contribution in [3.05, 3.63) is 11.3 Å². The molecule has 1 aromatic rings. The van der Waals surface area contributed by atoms with Crippen LogP contribution in [0.15, 0.2) is 5.03 Å². The molecule has 1 heterocycles. The van der Waals surface area contributed by atoms with Gasteiger partial charge in [-0.15, -0.1) is 11.8 Å². The van der Waals surface area contributed by atoms with Crippen molar-refractivity contribution in [2.45, 2.75) is 25.4 Å². The van der Waals surface area contributed by atoms with E-state index in [4.69, 9.17) is 9.84 Å². The molecule has 0 fully saturated rings. The molecule has 110 valence electrons. The summed E-state index contributed by atoms with van der Waals surface area (Å²) in [5.41, 5.74) is 2.31. The Bertz CT molecular complexity index is 382. The molecule has 0 aliphatic heterocycles. The van der Waals surface area contributed by atoms with E-state index in [1.165, 1.54) is 10.6 Å². The van der Waals surface area contributed by atoms with Gasteiger partial charge < -0.3 is 15.2 Å². The third-order valence-electron chi connectivity index (χ3n) is 2.89. The molecule has 1 rings (SSSR count). The first-order chi connectivity index (χ1) is 9.10. The van der Waals surface area contributed by atoms with Crippen molar-refractivity contribution >= 4 is 11.8 Å². The predicted octanol–water partition coefficient (Wildman–Crippen LogP) is 1.19. The van der Waals surface area contributed by atoms with Gasteiger partial charge in [0.1, 0.15) is 0 Å². The molecule has 0 spiro atoms. The van der Waals surface area contributed by atoms with E-state index in [0.29, 0.717) is 12.5 Å². The van der Waals surface area contributed by atoms with Crippen molar-refractivity contribution in [3.63, 3.8) is 0 Å². The fraction of sp³-hybridized carbons (Fsp3) is 0.769. The Morgan fingerprint density at radius 1 is 1.53 bits per heavy atom. The second-order valence-electron chi connectivity index (χ2n) is 4.76. The third kappa shape index (κ3) is 5.14. The summed E-state index contributed by atoms with van der Waals surface area (Å²) in [7, 11) is 3.67. The lowest BCUT2D eigenvalue weighted by Crippen LogP contribution is -2.19. The summed E-state index contributed by atoms with van der Waals surface area (Å²) in [5, 5.41) is 18.1. The number of hydrogen-bond donors (Lipinski definition) is 2. The maximum atomic E-state index is 9.10. The lowest BCUT2D eigenvalue weighted by atomic mass is 10.2. The van der Waals surface area contributed by atoms with Gasteiger partial charge in [-0.2, -0.15) is 5.10 Å². The topological polar surface area (TPSA) is 59.3 Å². The minimum Gasteiger partial charge on any atom is -0.396 e. The molecule has 0 aromatic carbocycles. The Kier molecular flexibility index (Phi) is 7.45. The Morgan fingerprint density at radius 2 is 2.26 bits per heavy atom. The molecule has 0 amide bonds. The minimum atomic E-state index is 0.227. The normalized spacial score (nSPS) is 12.9. The van der Waals surface area contributed by atoms with Crippen LogP contribution in [-0.4, -0.2) is 47.5 Å². The van der Waals surface area contributed by atoms with Gasteiger partial charge >= 0.3 is 0 Å². The zero-order chi connectivity index (χ0) is 14.3. The number of ether oxygens (including phenoxy) is 1. The zero-order valence-corrected chi connectivity index (χ0v) is 13.1.